The second kappa shape index (κ2) is 9.27. The first-order valence-corrected chi connectivity index (χ1v) is 11.3. The predicted octanol–water partition coefficient (Wildman–Crippen LogP) is 4.74. The van der Waals surface area contributed by atoms with Crippen LogP contribution in [0.3, 0.4) is 0 Å². The number of hydrogen-bond donors (Lipinski definition) is 1. The Balaban J connectivity index is 1.44. The Kier molecular flexibility index (Phi) is 6.28. The van der Waals surface area contributed by atoms with Crippen molar-refractivity contribution in [1.82, 2.24) is 14.9 Å². The average Bonchev–Trinajstić information content (AvgIpc) is 3.23. The van der Waals surface area contributed by atoms with Gasteiger partial charge in [-0.1, -0.05) is 67.1 Å². The quantitative estimate of drug-likeness (QED) is 0.460. The fourth-order valence-electron chi connectivity index (χ4n) is 3.55. The Hall–Kier alpha value is -3.25. The zero-order valence-electron chi connectivity index (χ0n) is 17.7. The minimum atomic E-state index is -0.104. The first-order valence-electron chi connectivity index (χ1n) is 10.4. The zero-order valence-corrected chi connectivity index (χ0v) is 18.5. The Bertz CT molecular complexity index is 1240. The minimum Gasteiger partial charge on any atom is -0.355 e. The van der Waals surface area contributed by atoms with E-state index in [1.165, 1.54) is 27.0 Å². The molecule has 158 valence electrons. The maximum Gasteiger partial charge on any atom is 0.262 e. The molecule has 6 heteroatoms. The van der Waals surface area contributed by atoms with Crippen molar-refractivity contribution in [3.63, 3.8) is 0 Å². The standard InChI is InChI=1S/C25H25N3O2S/c1-17-8-10-20(11-9-17)21-15-31-24-23(21)25(30)28(16-27-24)13-12-22(29)26-14-18(2)19-6-4-3-5-7-19/h3-11,15-16,18H,12-14H2,1-2H3,(H,26,29). The van der Waals surface area contributed by atoms with Crippen LogP contribution in [0.4, 0.5) is 0 Å². The summed E-state index contributed by atoms with van der Waals surface area (Å²) in [7, 11) is 0. The molecule has 0 bridgehead atoms. The van der Waals surface area contributed by atoms with Gasteiger partial charge in [0.15, 0.2) is 0 Å². The van der Waals surface area contributed by atoms with Crippen LogP contribution in [0.25, 0.3) is 21.3 Å². The van der Waals surface area contributed by atoms with Gasteiger partial charge >= 0.3 is 0 Å². The summed E-state index contributed by atoms with van der Waals surface area (Å²) < 4.78 is 1.53. The summed E-state index contributed by atoms with van der Waals surface area (Å²) in [6.45, 7) is 4.99. The van der Waals surface area contributed by atoms with E-state index in [-0.39, 0.29) is 23.8 Å². The van der Waals surface area contributed by atoms with Crippen LogP contribution in [0.5, 0.6) is 0 Å². The number of amides is 1. The lowest BCUT2D eigenvalue weighted by molar-refractivity contribution is -0.121. The largest absolute Gasteiger partial charge is 0.355 e. The summed E-state index contributed by atoms with van der Waals surface area (Å²) >= 11 is 1.47. The van der Waals surface area contributed by atoms with E-state index in [1.807, 2.05) is 54.8 Å². The number of thiophene rings is 1. The van der Waals surface area contributed by atoms with Crippen LogP contribution in [0.15, 0.2) is 71.1 Å². The summed E-state index contributed by atoms with van der Waals surface area (Å²) in [5, 5.41) is 5.57. The van der Waals surface area contributed by atoms with Crippen LogP contribution >= 0.6 is 11.3 Å². The molecule has 0 aliphatic carbocycles. The molecule has 1 unspecified atom stereocenters. The summed E-state index contributed by atoms with van der Waals surface area (Å²) in [6, 6.07) is 18.2. The highest BCUT2D eigenvalue weighted by Gasteiger charge is 2.14. The number of aryl methyl sites for hydroxylation is 2. The number of rotatable bonds is 7. The smallest absolute Gasteiger partial charge is 0.262 e. The number of benzene rings is 2. The van der Waals surface area contributed by atoms with Gasteiger partial charge in [-0.05, 0) is 24.0 Å². The molecule has 31 heavy (non-hydrogen) atoms. The third-order valence-corrected chi connectivity index (χ3v) is 6.36. The molecule has 1 N–H and O–H groups in total. The first kappa shape index (κ1) is 21.0. The first-order chi connectivity index (χ1) is 15.0. The van der Waals surface area contributed by atoms with E-state index < -0.39 is 0 Å². The van der Waals surface area contributed by atoms with Gasteiger partial charge in [0.25, 0.3) is 5.56 Å². The maximum absolute atomic E-state index is 13.1. The number of nitrogens with zero attached hydrogens (tertiary/aromatic N) is 2. The number of carbonyl (C=O) groups is 1. The molecule has 5 nitrogen and oxygen atoms in total. The topological polar surface area (TPSA) is 64.0 Å². The van der Waals surface area contributed by atoms with Crippen LogP contribution in [0.1, 0.15) is 30.4 Å². The van der Waals surface area contributed by atoms with Crippen molar-refractivity contribution < 1.29 is 4.79 Å². The molecule has 1 atom stereocenters. The molecule has 2 aromatic heterocycles. The molecule has 1 amide bonds. The van der Waals surface area contributed by atoms with Crippen LogP contribution in [0, 0.1) is 6.92 Å². The van der Waals surface area contributed by atoms with E-state index in [9.17, 15) is 9.59 Å². The lowest BCUT2D eigenvalue weighted by Crippen LogP contribution is -2.30. The van der Waals surface area contributed by atoms with Gasteiger partial charge in [0.2, 0.25) is 5.91 Å². The summed E-state index contributed by atoms with van der Waals surface area (Å²) in [4.78, 5) is 30.6. The number of carbonyl (C=O) groups excluding carboxylic acids is 1. The SMILES string of the molecule is Cc1ccc(-c2csc3ncn(CCC(=O)NCC(C)c4ccccc4)c(=O)c23)cc1. The van der Waals surface area contributed by atoms with Gasteiger partial charge < -0.3 is 5.32 Å². The number of hydrogen-bond acceptors (Lipinski definition) is 4. The average molecular weight is 432 g/mol. The Morgan fingerprint density at radius 3 is 2.61 bits per heavy atom. The minimum absolute atomic E-state index is 0.0705. The Morgan fingerprint density at radius 2 is 1.87 bits per heavy atom. The van der Waals surface area contributed by atoms with Gasteiger partial charge in [-0.3, -0.25) is 14.2 Å². The van der Waals surface area contributed by atoms with Gasteiger partial charge in [-0.25, -0.2) is 4.98 Å². The van der Waals surface area contributed by atoms with Crippen molar-refractivity contribution >= 4 is 27.5 Å². The van der Waals surface area contributed by atoms with Crippen LogP contribution in [-0.4, -0.2) is 22.0 Å². The van der Waals surface area contributed by atoms with Gasteiger partial charge in [0.1, 0.15) is 4.83 Å². The highest BCUT2D eigenvalue weighted by atomic mass is 32.1. The van der Waals surface area contributed by atoms with Gasteiger partial charge in [-0.15, -0.1) is 11.3 Å². The highest BCUT2D eigenvalue weighted by molar-refractivity contribution is 7.17. The molecule has 0 fully saturated rings. The molecule has 2 heterocycles. The van der Waals surface area contributed by atoms with Crippen molar-refractivity contribution in [3.8, 4) is 11.1 Å². The van der Waals surface area contributed by atoms with Crippen molar-refractivity contribution in [2.24, 2.45) is 0 Å². The lowest BCUT2D eigenvalue weighted by atomic mass is 10.0. The maximum atomic E-state index is 13.1. The second-order valence-corrected chi connectivity index (χ2v) is 8.66. The number of aromatic nitrogens is 2. The van der Waals surface area contributed by atoms with E-state index in [2.05, 4.69) is 29.4 Å². The van der Waals surface area contributed by atoms with E-state index in [0.29, 0.717) is 18.5 Å². The second-order valence-electron chi connectivity index (χ2n) is 7.80. The van der Waals surface area contributed by atoms with E-state index >= 15 is 0 Å². The molecule has 0 aliphatic heterocycles. The fraction of sp³-hybridized carbons (Fsp3) is 0.240. The zero-order chi connectivity index (χ0) is 21.8. The lowest BCUT2D eigenvalue weighted by Gasteiger charge is -2.13. The monoisotopic (exact) mass is 431 g/mol. The van der Waals surface area contributed by atoms with Gasteiger partial charge in [0.05, 0.1) is 11.7 Å². The molecule has 0 aliphatic rings. The van der Waals surface area contributed by atoms with Crippen molar-refractivity contribution in [3.05, 3.63) is 87.8 Å². The number of fused-ring (bicyclic) bond motifs is 1. The normalized spacial score (nSPS) is 12.1. The molecule has 4 aromatic rings. The van der Waals surface area contributed by atoms with Crippen LogP contribution in [0.2, 0.25) is 0 Å². The molecule has 0 spiro atoms. The molecule has 0 saturated carbocycles. The molecule has 0 radical (unpaired) electrons. The summed E-state index contributed by atoms with van der Waals surface area (Å²) in [5.74, 6) is 0.160. The highest BCUT2D eigenvalue weighted by Crippen LogP contribution is 2.30. The van der Waals surface area contributed by atoms with E-state index in [1.54, 1.807) is 6.33 Å². The molecule has 4 rings (SSSR count). The number of nitrogens with one attached hydrogen (secondary N) is 1. The fourth-order valence-corrected chi connectivity index (χ4v) is 4.46. The van der Waals surface area contributed by atoms with Crippen molar-refractivity contribution in [2.45, 2.75) is 32.7 Å². The van der Waals surface area contributed by atoms with E-state index in [0.717, 1.165) is 16.0 Å². The van der Waals surface area contributed by atoms with Gasteiger partial charge in [-0.2, -0.15) is 0 Å². The summed E-state index contributed by atoms with van der Waals surface area (Å²) in [6.07, 6.45) is 1.78. The van der Waals surface area contributed by atoms with Gasteiger partial charge in [0, 0.05) is 30.5 Å². The third kappa shape index (κ3) is 4.75. The van der Waals surface area contributed by atoms with Crippen LogP contribution in [-0.2, 0) is 11.3 Å². The van der Waals surface area contributed by atoms with E-state index in [4.69, 9.17) is 0 Å². The Labute approximate surface area is 185 Å². The van der Waals surface area contributed by atoms with Crippen molar-refractivity contribution in [1.29, 1.82) is 0 Å². The molecular formula is C25H25N3O2S. The third-order valence-electron chi connectivity index (χ3n) is 5.48. The molecule has 0 saturated heterocycles. The van der Waals surface area contributed by atoms with Crippen molar-refractivity contribution in [2.75, 3.05) is 6.54 Å². The molecular weight excluding hydrogens is 406 g/mol. The predicted molar refractivity (Wildman–Crippen MR) is 127 cm³/mol. The van der Waals surface area contributed by atoms with Crippen LogP contribution < -0.4 is 10.9 Å². The molecule has 2 aromatic carbocycles. The summed E-state index contributed by atoms with van der Waals surface area (Å²) in [5.41, 5.74) is 4.16. The Morgan fingerprint density at radius 1 is 1.13 bits per heavy atom.